The van der Waals surface area contributed by atoms with Crippen LogP contribution in [0, 0.1) is 0 Å². The summed E-state index contributed by atoms with van der Waals surface area (Å²) in [5, 5.41) is 14.2. The molecule has 0 radical (unpaired) electrons. The van der Waals surface area contributed by atoms with Gasteiger partial charge in [0.25, 0.3) is 0 Å². The Bertz CT molecular complexity index is 376. The lowest BCUT2D eigenvalue weighted by molar-refractivity contribution is 0.660. The van der Waals surface area contributed by atoms with E-state index in [-0.39, 0.29) is 0 Å². The molecule has 2 N–H and O–H groups in total. The molecule has 0 amide bonds. The summed E-state index contributed by atoms with van der Waals surface area (Å²) in [4.78, 5) is 0. The molecule has 0 saturated carbocycles. The number of hydrogen-bond donors (Lipinski definition) is 2. The molecule has 0 unspecified atom stereocenters. The van der Waals surface area contributed by atoms with Gasteiger partial charge in [-0.15, -0.1) is 0 Å². The molecule has 14 heavy (non-hydrogen) atoms. The second-order valence-corrected chi connectivity index (χ2v) is 3.02. The fourth-order valence-electron chi connectivity index (χ4n) is 1.21. The number of H-pyrrole nitrogens is 1. The first-order valence-electron chi connectivity index (χ1n) is 4.63. The predicted molar refractivity (Wildman–Crippen MR) is 53.8 cm³/mol. The van der Waals surface area contributed by atoms with Crippen LogP contribution in [-0.4, -0.2) is 20.0 Å². The number of aromatic amines is 1. The van der Waals surface area contributed by atoms with Crippen molar-refractivity contribution in [3.8, 4) is 0 Å². The third kappa shape index (κ3) is 1.93. The number of nitrogens with one attached hydrogen (secondary N) is 2. The molecule has 0 aliphatic carbocycles. The number of nitrogens with zero attached hydrogens (tertiary/aromatic N) is 3. The zero-order chi connectivity index (χ0) is 9.80. The van der Waals surface area contributed by atoms with E-state index in [2.05, 4.69) is 27.5 Å². The Morgan fingerprint density at radius 1 is 1.57 bits per heavy atom. The van der Waals surface area contributed by atoms with Crippen LogP contribution in [-0.2, 0) is 13.1 Å². The van der Waals surface area contributed by atoms with Gasteiger partial charge in [-0.2, -0.15) is 10.2 Å². The summed E-state index contributed by atoms with van der Waals surface area (Å²) in [5.41, 5.74) is 2.09. The zero-order valence-corrected chi connectivity index (χ0v) is 8.07. The first-order valence-corrected chi connectivity index (χ1v) is 4.63. The van der Waals surface area contributed by atoms with E-state index in [0.29, 0.717) is 0 Å². The van der Waals surface area contributed by atoms with Gasteiger partial charge in [-0.25, -0.2) is 0 Å². The van der Waals surface area contributed by atoms with Crippen LogP contribution in [0.1, 0.15) is 12.6 Å². The summed E-state index contributed by atoms with van der Waals surface area (Å²) in [6.07, 6.45) is 5.54. The Labute approximate surface area is 82.1 Å². The maximum Gasteiger partial charge on any atom is 0.0729 e. The SMILES string of the molecule is CCn1cc(NCc2ccn[nH]2)cn1. The van der Waals surface area contributed by atoms with Gasteiger partial charge >= 0.3 is 0 Å². The molecule has 0 bridgehead atoms. The lowest BCUT2D eigenvalue weighted by atomic mass is 10.4. The minimum atomic E-state index is 0.745. The predicted octanol–water partition coefficient (Wildman–Crippen LogP) is 1.24. The highest BCUT2D eigenvalue weighted by molar-refractivity contribution is 5.38. The molecule has 2 aromatic rings. The summed E-state index contributed by atoms with van der Waals surface area (Å²) >= 11 is 0. The van der Waals surface area contributed by atoms with Crippen molar-refractivity contribution >= 4 is 5.69 Å². The maximum atomic E-state index is 4.16. The maximum absolute atomic E-state index is 4.16. The summed E-state index contributed by atoms with van der Waals surface area (Å²) in [6, 6.07) is 1.94. The third-order valence-corrected chi connectivity index (χ3v) is 2.00. The molecule has 2 aromatic heterocycles. The van der Waals surface area contributed by atoms with E-state index in [1.807, 2.05) is 23.1 Å². The third-order valence-electron chi connectivity index (χ3n) is 2.00. The van der Waals surface area contributed by atoms with Gasteiger partial charge in [-0.05, 0) is 13.0 Å². The van der Waals surface area contributed by atoms with E-state index < -0.39 is 0 Å². The molecule has 5 heteroatoms. The van der Waals surface area contributed by atoms with E-state index in [0.717, 1.165) is 24.5 Å². The van der Waals surface area contributed by atoms with E-state index in [4.69, 9.17) is 0 Å². The van der Waals surface area contributed by atoms with Gasteiger partial charge in [0.1, 0.15) is 0 Å². The van der Waals surface area contributed by atoms with Gasteiger partial charge in [0.05, 0.1) is 24.1 Å². The van der Waals surface area contributed by atoms with Crippen LogP contribution in [0.4, 0.5) is 5.69 Å². The highest BCUT2D eigenvalue weighted by Gasteiger charge is 1.97. The molecule has 0 aliphatic heterocycles. The first kappa shape index (κ1) is 8.80. The van der Waals surface area contributed by atoms with Gasteiger partial charge in [-0.1, -0.05) is 0 Å². The van der Waals surface area contributed by atoms with Gasteiger partial charge in [0.15, 0.2) is 0 Å². The molecule has 0 aromatic carbocycles. The standard InChI is InChI=1S/C9H13N5/c1-2-14-7-9(6-12-14)10-5-8-3-4-11-13-8/h3-4,6-7,10H,2,5H2,1H3,(H,11,13). The molecule has 0 saturated heterocycles. The topological polar surface area (TPSA) is 58.5 Å². The number of rotatable bonds is 4. The number of hydrogen-bond acceptors (Lipinski definition) is 3. The smallest absolute Gasteiger partial charge is 0.0729 e. The van der Waals surface area contributed by atoms with Crippen molar-refractivity contribution in [1.29, 1.82) is 0 Å². The van der Waals surface area contributed by atoms with Crippen molar-refractivity contribution < 1.29 is 0 Å². The quantitative estimate of drug-likeness (QED) is 0.764. The van der Waals surface area contributed by atoms with Gasteiger partial charge in [-0.3, -0.25) is 9.78 Å². The normalized spacial score (nSPS) is 10.4. The minimum Gasteiger partial charge on any atom is -0.377 e. The minimum absolute atomic E-state index is 0.745. The first-order chi connectivity index (χ1) is 6.88. The van der Waals surface area contributed by atoms with Gasteiger partial charge in [0, 0.05) is 18.9 Å². The van der Waals surface area contributed by atoms with Crippen molar-refractivity contribution in [2.24, 2.45) is 0 Å². The summed E-state index contributed by atoms with van der Waals surface area (Å²) in [6.45, 7) is 3.70. The second kappa shape index (κ2) is 3.95. The molecular formula is C9H13N5. The van der Waals surface area contributed by atoms with Crippen LogP contribution in [0.2, 0.25) is 0 Å². The van der Waals surface area contributed by atoms with Crippen LogP contribution >= 0.6 is 0 Å². The van der Waals surface area contributed by atoms with Crippen LogP contribution in [0.25, 0.3) is 0 Å². The van der Waals surface area contributed by atoms with Gasteiger partial charge < -0.3 is 5.32 Å². The Morgan fingerprint density at radius 3 is 3.14 bits per heavy atom. The Hall–Kier alpha value is -1.78. The van der Waals surface area contributed by atoms with Crippen LogP contribution < -0.4 is 5.32 Å². The van der Waals surface area contributed by atoms with E-state index in [1.54, 1.807) is 6.20 Å². The zero-order valence-electron chi connectivity index (χ0n) is 8.07. The molecule has 0 atom stereocenters. The van der Waals surface area contributed by atoms with Crippen molar-refractivity contribution in [2.45, 2.75) is 20.0 Å². The molecule has 74 valence electrons. The van der Waals surface area contributed by atoms with Gasteiger partial charge in [0.2, 0.25) is 0 Å². The lowest BCUT2D eigenvalue weighted by Gasteiger charge is -1.99. The fraction of sp³-hybridized carbons (Fsp3) is 0.333. The Morgan fingerprint density at radius 2 is 2.50 bits per heavy atom. The molecule has 5 nitrogen and oxygen atoms in total. The van der Waals surface area contributed by atoms with Crippen molar-refractivity contribution in [3.63, 3.8) is 0 Å². The molecule has 0 fully saturated rings. The molecule has 2 rings (SSSR count). The Balaban J connectivity index is 1.92. The van der Waals surface area contributed by atoms with Crippen molar-refractivity contribution in [3.05, 3.63) is 30.4 Å². The summed E-state index contributed by atoms with van der Waals surface area (Å²) in [7, 11) is 0. The number of aryl methyl sites for hydroxylation is 1. The van der Waals surface area contributed by atoms with Crippen LogP contribution in [0.15, 0.2) is 24.7 Å². The highest BCUT2D eigenvalue weighted by Crippen LogP contribution is 2.06. The average molecular weight is 191 g/mol. The largest absolute Gasteiger partial charge is 0.377 e. The van der Waals surface area contributed by atoms with E-state index in [9.17, 15) is 0 Å². The van der Waals surface area contributed by atoms with E-state index >= 15 is 0 Å². The van der Waals surface area contributed by atoms with Crippen LogP contribution in [0.3, 0.4) is 0 Å². The number of anilines is 1. The molecule has 0 spiro atoms. The second-order valence-electron chi connectivity index (χ2n) is 3.02. The molecule has 2 heterocycles. The van der Waals surface area contributed by atoms with Crippen LogP contribution in [0.5, 0.6) is 0 Å². The van der Waals surface area contributed by atoms with E-state index in [1.165, 1.54) is 0 Å². The summed E-state index contributed by atoms with van der Waals surface area (Å²) in [5.74, 6) is 0. The average Bonchev–Trinajstić information content (AvgIpc) is 2.86. The molecule has 0 aliphatic rings. The number of aromatic nitrogens is 4. The molecular weight excluding hydrogens is 178 g/mol. The van der Waals surface area contributed by atoms with Crippen molar-refractivity contribution in [2.75, 3.05) is 5.32 Å². The Kier molecular flexibility index (Phi) is 2.48. The monoisotopic (exact) mass is 191 g/mol. The lowest BCUT2D eigenvalue weighted by Crippen LogP contribution is -1.98. The highest BCUT2D eigenvalue weighted by atomic mass is 15.3. The fourth-order valence-corrected chi connectivity index (χ4v) is 1.21. The van der Waals surface area contributed by atoms with Crippen molar-refractivity contribution in [1.82, 2.24) is 20.0 Å². The summed E-state index contributed by atoms with van der Waals surface area (Å²) < 4.78 is 1.88.